The Morgan fingerprint density at radius 3 is 2.85 bits per heavy atom. The lowest BCUT2D eigenvalue weighted by atomic mass is 10.5. The Morgan fingerprint density at radius 2 is 2.38 bits per heavy atom. The number of rotatable bonds is 3. The number of anilines is 1. The van der Waals surface area contributed by atoms with Gasteiger partial charge in [-0.25, -0.2) is 8.42 Å². The summed E-state index contributed by atoms with van der Waals surface area (Å²) in [7, 11) is -3.54. The van der Waals surface area contributed by atoms with Gasteiger partial charge >= 0.3 is 0 Å². The molecule has 0 radical (unpaired) electrons. The Kier molecular flexibility index (Phi) is 2.90. The first-order valence-corrected chi connectivity index (χ1v) is 5.98. The minimum Gasteiger partial charge on any atom is -0.282 e. The fraction of sp³-hybridized carbons (Fsp3) is 0.286. The van der Waals surface area contributed by atoms with E-state index in [2.05, 4.69) is 4.72 Å². The number of sulfonamides is 1. The summed E-state index contributed by atoms with van der Waals surface area (Å²) >= 11 is 1.39. The first kappa shape index (κ1) is 10.0. The highest BCUT2D eigenvalue weighted by atomic mass is 32.2. The van der Waals surface area contributed by atoms with E-state index in [0.29, 0.717) is 5.69 Å². The molecule has 0 aliphatic heterocycles. The minimum absolute atomic E-state index is 0.507. The Labute approximate surface area is 80.9 Å². The second-order valence-electron chi connectivity index (χ2n) is 2.43. The Balaban J connectivity index is 2.81. The molecule has 1 rings (SSSR count). The van der Waals surface area contributed by atoms with E-state index >= 15 is 0 Å². The van der Waals surface area contributed by atoms with Gasteiger partial charge in [0.2, 0.25) is 10.0 Å². The third-order valence-corrected chi connectivity index (χ3v) is 3.67. The Hall–Kier alpha value is -1.06. The van der Waals surface area contributed by atoms with Crippen LogP contribution < -0.4 is 4.72 Å². The summed E-state index contributed by atoms with van der Waals surface area (Å²) in [5.74, 6) is 0. The van der Waals surface area contributed by atoms with E-state index in [4.69, 9.17) is 5.26 Å². The number of nitriles is 1. The molecule has 1 N–H and O–H groups in total. The molecule has 0 spiro atoms. The van der Waals surface area contributed by atoms with Crippen molar-refractivity contribution >= 4 is 27.0 Å². The van der Waals surface area contributed by atoms with E-state index in [1.54, 1.807) is 22.9 Å². The molecular formula is C7H8N2O2S2. The van der Waals surface area contributed by atoms with Crippen molar-refractivity contribution in [3.63, 3.8) is 0 Å². The van der Waals surface area contributed by atoms with Crippen LogP contribution in [0.25, 0.3) is 0 Å². The number of hydrogen-bond acceptors (Lipinski definition) is 4. The van der Waals surface area contributed by atoms with Crippen molar-refractivity contribution in [2.45, 2.75) is 12.2 Å². The van der Waals surface area contributed by atoms with Gasteiger partial charge in [0.15, 0.2) is 5.25 Å². The maximum absolute atomic E-state index is 11.3. The molecule has 0 aromatic carbocycles. The van der Waals surface area contributed by atoms with Gasteiger partial charge in [0.05, 0.1) is 11.8 Å². The summed E-state index contributed by atoms with van der Waals surface area (Å²) in [5, 5.41) is 10.8. The third kappa shape index (κ3) is 2.44. The van der Waals surface area contributed by atoms with E-state index in [-0.39, 0.29) is 0 Å². The average Bonchev–Trinajstić information content (AvgIpc) is 2.54. The van der Waals surface area contributed by atoms with Crippen LogP contribution in [0.4, 0.5) is 5.69 Å². The highest BCUT2D eigenvalue weighted by molar-refractivity contribution is 7.93. The normalized spacial score (nSPS) is 13.2. The zero-order chi connectivity index (χ0) is 9.90. The van der Waals surface area contributed by atoms with Crippen molar-refractivity contribution in [1.29, 1.82) is 5.26 Å². The van der Waals surface area contributed by atoms with E-state index < -0.39 is 15.3 Å². The highest BCUT2D eigenvalue weighted by Gasteiger charge is 2.19. The standard InChI is InChI=1S/C7H8N2O2S2/c1-6(4-8)13(10,11)9-7-2-3-12-5-7/h2-3,5-6,9H,1H3. The van der Waals surface area contributed by atoms with Crippen LogP contribution in [-0.2, 0) is 10.0 Å². The van der Waals surface area contributed by atoms with Crippen molar-refractivity contribution in [3.8, 4) is 6.07 Å². The van der Waals surface area contributed by atoms with Gasteiger partial charge in [-0.05, 0) is 18.4 Å². The molecule has 0 amide bonds. The first-order chi connectivity index (χ1) is 6.06. The lowest BCUT2D eigenvalue weighted by molar-refractivity contribution is 0.597. The molecule has 0 fully saturated rings. The molecular weight excluding hydrogens is 208 g/mol. The van der Waals surface area contributed by atoms with E-state index in [1.807, 2.05) is 0 Å². The lowest BCUT2D eigenvalue weighted by Gasteiger charge is -2.06. The SMILES string of the molecule is CC(C#N)S(=O)(=O)Nc1ccsc1. The van der Waals surface area contributed by atoms with Gasteiger partial charge in [-0.15, -0.1) is 0 Å². The van der Waals surface area contributed by atoms with Crippen LogP contribution in [-0.4, -0.2) is 13.7 Å². The predicted molar refractivity (Wildman–Crippen MR) is 51.9 cm³/mol. The van der Waals surface area contributed by atoms with Crippen LogP contribution in [0.5, 0.6) is 0 Å². The monoisotopic (exact) mass is 216 g/mol. The van der Waals surface area contributed by atoms with E-state index in [9.17, 15) is 8.42 Å². The smallest absolute Gasteiger partial charge is 0.248 e. The molecule has 1 heterocycles. The van der Waals surface area contributed by atoms with Crippen molar-refractivity contribution in [1.82, 2.24) is 0 Å². The molecule has 70 valence electrons. The second-order valence-corrected chi connectivity index (χ2v) is 5.21. The van der Waals surface area contributed by atoms with E-state index in [0.717, 1.165) is 0 Å². The van der Waals surface area contributed by atoms with Gasteiger partial charge in [0.25, 0.3) is 0 Å². The fourth-order valence-electron chi connectivity index (χ4n) is 0.645. The number of hydrogen-bond donors (Lipinski definition) is 1. The summed E-state index contributed by atoms with van der Waals surface area (Å²) in [4.78, 5) is 0. The topological polar surface area (TPSA) is 70.0 Å². The van der Waals surface area contributed by atoms with Gasteiger partial charge in [-0.2, -0.15) is 16.6 Å². The van der Waals surface area contributed by atoms with Crippen LogP contribution in [0.3, 0.4) is 0 Å². The molecule has 1 atom stereocenters. The molecule has 0 aliphatic rings. The highest BCUT2D eigenvalue weighted by Crippen LogP contribution is 2.15. The summed E-state index contributed by atoms with van der Waals surface area (Å²) in [5.41, 5.74) is 0.507. The average molecular weight is 216 g/mol. The molecule has 0 saturated heterocycles. The largest absolute Gasteiger partial charge is 0.282 e. The van der Waals surface area contributed by atoms with Gasteiger partial charge in [0, 0.05) is 5.38 Å². The molecule has 0 aliphatic carbocycles. The third-order valence-electron chi connectivity index (χ3n) is 1.43. The minimum atomic E-state index is -3.54. The molecule has 0 saturated carbocycles. The van der Waals surface area contributed by atoms with Gasteiger partial charge < -0.3 is 0 Å². The predicted octanol–water partition coefficient (Wildman–Crippen LogP) is 1.40. The van der Waals surface area contributed by atoms with Crippen LogP contribution >= 0.6 is 11.3 Å². The summed E-state index contributed by atoms with van der Waals surface area (Å²) in [6, 6.07) is 3.32. The Bertz CT molecular complexity index is 402. The molecule has 0 bridgehead atoms. The van der Waals surface area contributed by atoms with Crippen LogP contribution in [0, 0.1) is 11.3 Å². The first-order valence-electron chi connectivity index (χ1n) is 3.49. The Morgan fingerprint density at radius 1 is 1.69 bits per heavy atom. The van der Waals surface area contributed by atoms with Crippen molar-refractivity contribution in [2.75, 3.05) is 4.72 Å². The fourth-order valence-corrected chi connectivity index (χ4v) is 2.08. The van der Waals surface area contributed by atoms with Crippen LogP contribution in [0.2, 0.25) is 0 Å². The van der Waals surface area contributed by atoms with Crippen LogP contribution in [0.15, 0.2) is 16.8 Å². The molecule has 1 aromatic rings. The zero-order valence-electron chi connectivity index (χ0n) is 6.89. The molecule has 1 aromatic heterocycles. The quantitative estimate of drug-likeness (QED) is 0.830. The summed E-state index contributed by atoms with van der Waals surface area (Å²) < 4.78 is 24.9. The number of thiophene rings is 1. The molecule has 4 nitrogen and oxygen atoms in total. The number of nitrogens with zero attached hydrogens (tertiary/aromatic N) is 1. The molecule has 1 unspecified atom stereocenters. The number of nitrogens with one attached hydrogen (secondary N) is 1. The van der Waals surface area contributed by atoms with Crippen LogP contribution in [0.1, 0.15) is 6.92 Å². The second kappa shape index (κ2) is 3.77. The molecule has 6 heteroatoms. The van der Waals surface area contributed by atoms with Crippen molar-refractivity contribution < 1.29 is 8.42 Å². The van der Waals surface area contributed by atoms with E-state index in [1.165, 1.54) is 18.3 Å². The van der Waals surface area contributed by atoms with Gasteiger partial charge in [0.1, 0.15) is 0 Å². The van der Waals surface area contributed by atoms with Crippen molar-refractivity contribution in [2.24, 2.45) is 0 Å². The van der Waals surface area contributed by atoms with Gasteiger partial charge in [-0.3, -0.25) is 4.72 Å². The molecule has 13 heavy (non-hydrogen) atoms. The maximum Gasteiger partial charge on any atom is 0.248 e. The summed E-state index contributed by atoms with van der Waals surface area (Å²) in [6.07, 6.45) is 0. The summed E-state index contributed by atoms with van der Waals surface area (Å²) in [6.45, 7) is 1.34. The zero-order valence-corrected chi connectivity index (χ0v) is 8.52. The van der Waals surface area contributed by atoms with Gasteiger partial charge in [-0.1, -0.05) is 0 Å². The van der Waals surface area contributed by atoms with Crippen molar-refractivity contribution in [3.05, 3.63) is 16.8 Å². The maximum atomic E-state index is 11.3. The lowest BCUT2D eigenvalue weighted by Crippen LogP contribution is -2.23.